The second kappa shape index (κ2) is 8.78. The van der Waals surface area contributed by atoms with Crippen LogP contribution in [0.4, 0.5) is 0 Å². The lowest BCUT2D eigenvalue weighted by Gasteiger charge is -2.17. The quantitative estimate of drug-likeness (QED) is 0.675. The minimum atomic E-state index is 0.949. The van der Waals surface area contributed by atoms with Gasteiger partial charge in [-0.05, 0) is 17.5 Å². The van der Waals surface area contributed by atoms with Gasteiger partial charge in [-0.25, -0.2) is 0 Å². The van der Waals surface area contributed by atoms with Gasteiger partial charge in [0.1, 0.15) is 11.6 Å². The molecular weight excluding hydrogens is 332 g/mol. The molecule has 2 aromatic carbocycles. The van der Waals surface area contributed by atoms with Gasteiger partial charge in [-0.2, -0.15) is 0 Å². The van der Waals surface area contributed by atoms with Crippen LogP contribution in [0, 0.1) is 0 Å². The molecule has 4 nitrogen and oxygen atoms in total. The molecular formula is C23H26N4. The van der Waals surface area contributed by atoms with E-state index < -0.39 is 0 Å². The highest BCUT2D eigenvalue weighted by Crippen LogP contribution is 2.12. The zero-order valence-corrected chi connectivity index (χ0v) is 15.7. The largest absolute Gasteiger partial charge is 0.314 e. The average molecular weight is 358 g/mol. The fourth-order valence-corrected chi connectivity index (χ4v) is 3.60. The summed E-state index contributed by atoms with van der Waals surface area (Å²) in [6, 6.07) is 21.1. The summed E-state index contributed by atoms with van der Waals surface area (Å²) in [5.41, 5.74) is 2.61. The number of aromatic nitrogens is 3. The maximum absolute atomic E-state index is 4.46. The summed E-state index contributed by atoms with van der Waals surface area (Å²) in [6.45, 7) is 4.04. The summed E-state index contributed by atoms with van der Waals surface area (Å²) in [6.07, 6.45) is 7.40. The van der Waals surface area contributed by atoms with Gasteiger partial charge in [0.05, 0.1) is 0 Å². The molecule has 3 aromatic rings. The topological polar surface area (TPSA) is 34.0 Å². The molecule has 0 amide bonds. The molecule has 0 fully saturated rings. The molecule has 27 heavy (non-hydrogen) atoms. The van der Waals surface area contributed by atoms with Crippen molar-refractivity contribution in [1.82, 2.24) is 19.7 Å². The van der Waals surface area contributed by atoms with Crippen molar-refractivity contribution in [2.45, 2.75) is 25.8 Å². The van der Waals surface area contributed by atoms with Crippen LogP contribution in [0.1, 0.15) is 22.8 Å². The van der Waals surface area contributed by atoms with Crippen molar-refractivity contribution in [3.63, 3.8) is 0 Å². The molecule has 1 aliphatic heterocycles. The Morgan fingerprint density at radius 1 is 0.815 bits per heavy atom. The van der Waals surface area contributed by atoms with Gasteiger partial charge in [0.15, 0.2) is 0 Å². The number of hydrogen-bond donors (Lipinski definition) is 0. The maximum atomic E-state index is 4.46. The molecule has 0 aliphatic carbocycles. The van der Waals surface area contributed by atoms with Gasteiger partial charge in [0.25, 0.3) is 0 Å². The average Bonchev–Trinajstić information content (AvgIpc) is 3.00. The fraction of sp³-hybridized carbons (Fsp3) is 0.304. The molecule has 0 spiro atoms. The summed E-state index contributed by atoms with van der Waals surface area (Å²) < 4.78 is 2.34. The second-order valence-corrected chi connectivity index (χ2v) is 7.03. The summed E-state index contributed by atoms with van der Waals surface area (Å²) in [5.74, 6) is 2.25. The minimum absolute atomic E-state index is 0.949. The van der Waals surface area contributed by atoms with E-state index in [4.69, 9.17) is 0 Å². The highest BCUT2D eigenvalue weighted by atomic mass is 15.3. The first kappa shape index (κ1) is 17.7. The molecule has 0 saturated carbocycles. The van der Waals surface area contributed by atoms with Crippen molar-refractivity contribution < 1.29 is 0 Å². The van der Waals surface area contributed by atoms with E-state index in [0.717, 1.165) is 57.1 Å². The Labute approximate surface area is 161 Å². The van der Waals surface area contributed by atoms with E-state index in [9.17, 15) is 0 Å². The molecule has 2 heterocycles. The SMILES string of the molecule is C(=Cc1ccccc1)CN1CCc2nnc(CCc3ccccc3)n2CC1. The molecule has 0 N–H and O–H groups in total. The van der Waals surface area contributed by atoms with Crippen molar-refractivity contribution in [2.24, 2.45) is 0 Å². The van der Waals surface area contributed by atoms with Crippen LogP contribution in [-0.2, 0) is 25.8 Å². The van der Waals surface area contributed by atoms with Crippen molar-refractivity contribution >= 4 is 6.08 Å². The maximum Gasteiger partial charge on any atom is 0.134 e. The van der Waals surface area contributed by atoms with E-state index >= 15 is 0 Å². The van der Waals surface area contributed by atoms with Crippen LogP contribution < -0.4 is 0 Å². The predicted molar refractivity (Wildman–Crippen MR) is 109 cm³/mol. The van der Waals surface area contributed by atoms with Crippen LogP contribution in [0.15, 0.2) is 66.7 Å². The number of hydrogen-bond acceptors (Lipinski definition) is 3. The smallest absolute Gasteiger partial charge is 0.134 e. The third kappa shape index (κ3) is 4.72. The Kier molecular flexibility index (Phi) is 5.75. The summed E-state index contributed by atoms with van der Waals surface area (Å²) in [5, 5.41) is 8.92. The highest BCUT2D eigenvalue weighted by Gasteiger charge is 2.17. The van der Waals surface area contributed by atoms with Gasteiger partial charge in [-0.1, -0.05) is 72.8 Å². The predicted octanol–water partition coefficient (Wildman–Crippen LogP) is 3.63. The van der Waals surface area contributed by atoms with E-state index in [-0.39, 0.29) is 0 Å². The Morgan fingerprint density at radius 3 is 2.41 bits per heavy atom. The molecule has 0 bridgehead atoms. The monoisotopic (exact) mass is 358 g/mol. The molecule has 0 atom stereocenters. The van der Waals surface area contributed by atoms with Gasteiger partial charge in [-0.15, -0.1) is 10.2 Å². The van der Waals surface area contributed by atoms with Crippen LogP contribution >= 0.6 is 0 Å². The summed E-state index contributed by atoms with van der Waals surface area (Å²) >= 11 is 0. The first-order chi connectivity index (χ1) is 13.4. The van der Waals surface area contributed by atoms with Gasteiger partial charge >= 0.3 is 0 Å². The van der Waals surface area contributed by atoms with E-state index in [2.05, 4.69) is 92.5 Å². The molecule has 138 valence electrons. The van der Waals surface area contributed by atoms with Crippen LogP contribution in [0.25, 0.3) is 6.08 Å². The minimum Gasteiger partial charge on any atom is -0.314 e. The molecule has 0 radical (unpaired) electrons. The van der Waals surface area contributed by atoms with E-state index in [1.54, 1.807) is 0 Å². The molecule has 1 aromatic heterocycles. The van der Waals surface area contributed by atoms with E-state index in [1.807, 2.05) is 0 Å². The normalized spacial score (nSPS) is 15.0. The lowest BCUT2D eigenvalue weighted by molar-refractivity contribution is 0.308. The zero-order chi connectivity index (χ0) is 18.3. The molecule has 0 saturated heterocycles. The van der Waals surface area contributed by atoms with Gasteiger partial charge in [0, 0.05) is 39.0 Å². The number of aryl methyl sites for hydroxylation is 2. The van der Waals surface area contributed by atoms with Crippen LogP contribution in [-0.4, -0.2) is 39.3 Å². The standard InChI is InChI=1S/C23H26N4/c1-3-8-20(9-4-1)12-7-16-26-17-15-23-25-24-22(27(23)19-18-26)14-13-21-10-5-2-6-11-21/h1-12H,13-19H2. The summed E-state index contributed by atoms with van der Waals surface area (Å²) in [4.78, 5) is 2.50. The van der Waals surface area contributed by atoms with Gasteiger partial charge in [-0.3, -0.25) is 4.90 Å². The third-order valence-corrected chi connectivity index (χ3v) is 5.15. The van der Waals surface area contributed by atoms with Gasteiger partial charge < -0.3 is 4.57 Å². The Morgan fingerprint density at radius 2 is 1.59 bits per heavy atom. The van der Waals surface area contributed by atoms with Gasteiger partial charge in [0.2, 0.25) is 0 Å². The van der Waals surface area contributed by atoms with E-state index in [0.29, 0.717) is 0 Å². The highest BCUT2D eigenvalue weighted by molar-refractivity contribution is 5.48. The first-order valence-electron chi connectivity index (χ1n) is 9.77. The zero-order valence-electron chi connectivity index (χ0n) is 15.7. The number of rotatable bonds is 6. The summed E-state index contributed by atoms with van der Waals surface area (Å²) in [7, 11) is 0. The fourth-order valence-electron chi connectivity index (χ4n) is 3.60. The molecule has 4 heteroatoms. The van der Waals surface area contributed by atoms with Crippen molar-refractivity contribution in [1.29, 1.82) is 0 Å². The van der Waals surface area contributed by atoms with Crippen LogP contribution in [0.2, 0.25) is 0 Å². The lowest BCUT2D eigenvalue weighted by Crippen LogP contribution is -2.27. The van der Waals surface area contributed by atoms with Crippen molar-refractivity contribution in [2.75, 3.05) is 19.6 Å². The Bertz CT molecular complexity index is 868. The third-order valence-electron chi connectivity index (χ3n) is 5.15. The van der Waals surface area contributed by atoms with Crippen LogP contribution in [0.3, 0.4) is 0 Å². The first-order valence-corrected chi connectivity index (χ1v) is 9.77. The molecule has 1 aliphatic rings. The molecule has 0 unspecified atom stereocenters. The van der Waals surface area contributed by atoms with Crippen LogP contribution in [0.5, 0.6) is 0 Å². The molecule has 4 rings (SSSR count). The Balaban J connectivity index is 1.33. The number of nitrogens with zero attached hydrogens (tertiary/aromatic N) is 4. The second-order valence-electron chi connectivity index (χ2n) is 7.03. The number of benzene rings is 2. The van der Waals surface area contributed by atoms with Crippen molar-refractivity contribution in [3.05, 3.63) is 89.5 Å². The van der Waals surface area contributed by atoms with E-state index in [1.165, 1.54) is 11.1 Å². The number of fused-ring (bicyclic) bond motifs is 1. The van der Waals surface area contributed by atoms with Crippen molar-refractivity contribution in [3.8, 4) is 0 Å². The Hall–Kier alpha value is -2.72. The lowest BCUT2D eigenvalue weighted by atomic mass is 10.1.